The quantitative estimate of drug-likeness (QED) is 0.578. The Morgan fingerprint density at radius 1 is 1.43 bits per heavy atom. The van der Waals surface area contributed by atoms with Gasteiger partial charge < -0.3 is 10.1 Å². The Bertz CT molecular complexity index is 1130. The number of hydrogen-bond donors (Lipinski definition) is 2. The van der Waals surface area contributed by atoms with Gasteiger partial charge in [0.05, 0.1) is 35.5 Å². The number of H-pyrrole nitrogens is 1. The first-order chi connectivity index (χ1) is 14.5. The summed E-state index contributed by atoms with van der Waals surface area (Å²) in [5, 5.41) is 11.7. The Hall–Kier alpha value is -3.34. The third-order valence-electron chi connectivity index (χ3n) is 4.68. The molecule has 11 heteroatoms. The zero-order valence-electron chi connectivity index (χ0n) is 16.0. The summed E-state index contributed by atoms with van der Waals surface area (Å²) >= 11 is 1.18. The van der Waals surface area contributed by atoms with E-state index in [0.29, 0.717) is 16.3 Å². The van der Waals surface area contributed by atoms with E-state index < -0.39 is 17.7 Å². The molecule has 0 radical (unpaired) electrons. The van der Waals surface area contributed by atoms with Crippen molar-refractivity contribution in [1.29, 1.82) is 0 Å². The molecule has 4 rings (SSSR count). The van der Waals surface area contributed by atoms with E-state index in [1.54, 1.807) is 24.4 Å². The summed E-state index contributed by atoms with van der Waals surface area (Å²) in [6, 6.07) is 4.50. The number of nitrogens with zero attached hydrogens (tertiary/aromatic N) is 3. The largest absolute Gasteiger partial charge is 0.466 e. The number of rotatable bonds is 6. The van der Waals surface area contributed by atoms with Crippen molar-refractivity contribution in [2.45, 2.75) is 19.8 Å². The van der Waals surface area contributed by atoms with Crippen LogP contribution in [0.15, 0.2) is 23.6 Å². The van der Waals surface area contributed by atoms with Gasteiger partial charge in [-0.25, -0.2) is 9.37 Å². The van der Waals surface area contributed by atoms with E-state index in [1.807, 2.05) is 0 Å². The van der Waals surface area contributed by atoms with Crippen molar-refractivity contribution in [1.82, 2.24) is 15.2 Å². The smallest absolute Gasteiger partial charge is 0.311 e. The van der Waals surface area contributed by atoms with Crippen molar-refractivity contribution in [2.24, 2.45) is 5.92 Å². The number of amides is 2. The molecule has 0 aliphatic carbocycles. The normalized spacial score (nSPS) is 16.3. The molecular formula is C19H18FN5O4S. The Labute approximate surface area is 174 Å². The molecule has 3 heterocycles. The predicted octanol–water partition coefficient (Wildman–Crippen LogP) is 2.26. The highest BCUT2D eigenvalue weighted by atomic mass is 32.1. The molecule has 1 fully saturated rings. The Balaban J connectivity index is 1.43. The first-order valence-electron chi connectivity index (χ1n) is 9.30. The molecule has 1 aliphatic heterocycles. The number of carbonyl (C=O) groups excluding carboxylic acids is 3. The van der Waals surface area contributed by atoms with Crippen molar-refractivity contribution in [3.8, 4) is 0 Å². The van der Waals surface area contributed by atoms with Gasteiger partial charge in [-0.1, -0.05) is 6.07 Å². The van der Waals surface area contributed by atoms with Crippen LogP contribution < -0.4 is 10.2 Å². The number of benzene rings is 1. The van der Waals surface area contributed by atoms with Crippen molar-refractivity contribution < 1.29 is 23.5 Å². The second-order valence-electron chi connectivity index (χ2n) is 6.73. The second-order valence-corrected chi connectivity index (χ2v) is 7.59. The van der Waals surface area contributed by atoms with Crippen LogP contribution in [-0.4, -0.2) is 46.1 Å². The van der Waals surface area contributed by atoms with E-state index in [-0.39, 0.29) is 49.0 Å². The number of ether oxygens (including phenoxy) is 1. The zero-order valence-corrected chi connectivity index (χ0v) is 16.8. The van der Waals surface area contributed by atoms with Gasteiger partial charge in [0.25, 0.3) is 0 Å². The van der Waals surface area contributed by atoms with Gasteiger partial charge in [-0.2, -0.15) is 5.10 Å². The summed E-state index contributed by atoms with van der Waals surface area (Å²) in [4.78, 5) is 42.2. The first kappa shape index (κ1) is 20.0. The first-order valence-corrected chi connectivity index (χ1v) is 10.2. The highest BCUT2D eigenvalue weighted by Crippen LogP contribution is 2.32. The van der Waals surface area contributed by atoms with Crippen molar-refractivity contribution in [3.05, 3.63) is 35.1 Å². The van der Waals surface area contributed by atoms with Gasteiger partial charge in [0, 0.05) is 18.3 Å². The van der Waals surface area contributed by atoms with Crippen LogP contribution in [0, 0.1) is 11.7 Å². The standard InChI is InChI=1S/C19H18FN5O4S/c1-2-29-15(27)7-11-9-30-19(21-11)22-18(28)10-6-14(26)25(8-10)17-16-12(20)4-3-5-13(16)23-24-17/h3-5,9-10H,2,6-8H2,1H3,(H,23,24)(H,21,22,28)/t10-/m0/s1. The fraction of sp³-hybridized carbons (Fsp3) is 0.316. The Morgan fingerprint density at radius 2 is 2.27 bits per heavy atom. The highest BCUT2D eigenvalue weighted by Gasteiger charge is 2.37. The molecule has 156 valence electrons. The minimum atomic E-state index is -0.631. The van der Waals surface area contributed by atoms with Crippen LogP contribution in [0.25, 0.3) is 10.9 Å². The van der Waals surface area contributed by atoms with E-state index in [4.69, 9.17) is 4.74 Å². The molecule has 3 aromatic rings. The van der Waals surface area contributed by atoms with E-state index in [0.717, 1.165) is 0 Å². The third kappa shape index (κ3) is 3.88. The molecule has 0 saturated carbocycles. The minimum Gasteiger partial charge on any atom is -0.466 e. The number of esters is 1. The van der Waals surface area contributed by atoms with Gasteiger partial charge in [0.2, 0.25) is 11.8 Å². The van der Waals surface area contributed by atoms with Gasteiger partial charge in [-0.3, -0.25) is 24.4 Å². The summed E-state index contributed by atoms with van der Waals surface area (Å²) in [6.07, 6.45) is 0.00337. The van der Waals surface area contributed by atoms with Gasteiger partial charge in [0.1, 0.15) is 5.82 Å². The molecule has 1 aliphatic rings. The van der Waals surface area contributed by atoms with Crippen molar-refractivity contribution in [2.75, 3.05) is 23.4 Å². The van der Waals surface area contributed by atoms with Gasteiger partial charge in [-0.15, -0.1) is 11.3 Å². The second kappa shape index (κ2) is 8.19. The van der Waals surface area contributed by atoms with Crippen molar-refractivity contribution in [3.63, 3.8) is 0 Å². The van der Waals surface area contributed by atoms with Gasteiger partial charge in [-0.05, 0) is 19.1 Å². The topological polar surface area (TPSA) is 117 Å². The summed E-state index contributed by atoms with van der Waals surface area (Å²) < 4.78 is 19.1. The Morgan fingerprint density at radius 3 is 3.07 bits per heavy atom. The lowest BCUT2D eigenvalue weighted by Crippen LogP contribution is -2.28. The summed E-state index contributed by atoms with van der Waals surface area (Å²) in [5.74, 6) is -2.02. The summed E-state index contributed by atoms with van der Waals surface area (Å²) in [6.45, 7) is 2.09. The molecule has 1 saturated heterocycles. The Kier molecular flexibility index (Phi) is 5.44. The number of fused-ring (bicyclic) bond motifs is 1. The number of halogens is 1. The van der Waals surface area contributed by atoms with E-state index >= 15 is 0 Å². The number of anilines is 2. The predicted molar refractivity (Wildman–Crippen MR) is 108 cm³/mol. The fourth-order valence-electron chi connectivity index (χ4n) is 3.31. The number of thiazole rings is 1. The highest BCUT2D eigenvalue weighted by molar-refractivity contribution is 7.13. The SMILES string of the molecule is CCOC(=O)Cc1csc(NC(=O)[C@H]2CC(=O)N(c3n[nH]c4cccc(F)c34)C2)n1. The maximum Gasteiger partial charge on any atom is 0.311 e. The van der Waals surface area contributed by atoms with Crippen LogP contribution in [0.4, 0.5) is 15.3 Å². The molecule has 0 unspecified atom stereocenters. The molecule has 2 amide bonds. The molecule has 1 atom stereocenters. The molecule has 0 bridgehead atoms. The molecule has 2 aromatic heterocycles. The molecule has 0 spiro atoms. The summed E-state index contributed by atoms with van der Waals surface area (Å²) in [5.41, 5.74) is 0.971. The lowest BCUT2D eigenvalue weighted by atomic mass is 10.1. The molecule has 1 aromatic carbocycles. The monoisotopic (exact) mass is 431 g/mol. The van der Waals surface area contributed by atoms with Crippen LogP contribution in [0.1, 0.15) is 19.0 Å². The van der Waals surface area contributed by atoms with E-state index in [9.17, 15) is 18.8 Å². The summed E-state index contributed by atoms with van der Waals surface area (Å²) in [7, 11) is 0. The van der Waals surface area contributed by atoms with Gasteiger partial charge >= 0.3 is 5.97 Å². The molecule has 9 nitrogen and oxygen atoms in total. The molecular weight excluding hydrogens is 413 g/mol. The minimum absolute atomic E-state index is 0.0182. The van der Waals surface area contributed by atoms with Crippen LogP contribution >= 0.6 is 11.3 Å². The van der Waals surface area contributed by atoms with E-state index in [1.165, 1.54) is 22.3 Å². The fourth-order valence-corrected chi connectivity index (χ4v) is 4.02. The average Bonchev–Trinajstić information content (AvgIpc) is 3.41. The third-order valence-corrected chi connectivity index (χ3v) is 5.49. The number of hydrogen-bond acceptors (Lipinski definition) is 7. The van der Waals surface area contributed by atoms with Crippen LogP contribution in [0.5, 0.6) is 0 Å². The number of carbonyl (C=O) groups is 3. The number of aromatic amines is 1. The zero-order chi connectivity index (χ0) is 21.3. The maximum absolute atomic E-state index is 14.2. The van der Waals surface area contributed by atoms with Crippen LogP contribution in [0.3, 0.4) is 0 Å². The van der Waals surface area contributed by atoms with Crippen molar-refractivity contribution >= 4 is 51.0 Å². The molecule has 2 N–H and O–H groups in total. The lowest BCUT2D eigenvalue weighted by Gasteiger charge is -2.14. The number of aromatic nitrogens is 3. The van der Waals surface area contributed by atoms with Crippen LogP contribution in [-0.2, 0) is 25.5 Å². The van der Waals surface area contributed by atoms with Gasteiger partial charge in [0.15, 0.2) is 10.9 Å². The number of nitrogens with one attached hydrogen (secondary N) is 2. The molecule has 30 heavy (non-hydrogen) atoms. The van der Waals surface area contributed by atoms with Crippen LogP contribution in [0.2, 0.25) is 0 Å². The maximum atomic E-state index is 14.2. The lowest BCUT2D eigenvalue weighted by molar-refractivity contribution is -0.142. The average molecular weight is 431 g/mol. The van der Waals surface area contributed by atoms with E-state index in [2.05, 4.69) is 20.5 Å².